The SMILES string of the molecule is CCN(CC1CCOC1)C(=O)c1ncn[nH]1. The molecular formula is C10H16N4O2. The highest BCUT2D eigenvalue weighted by atomic mass is 16.5. The zero-order chi connectivity index (χ0) is 11.4. The fraction of sp³-hybridized carbons (Fsp3) is 0.700. The van der Waals surface area contributed by atoms with Gasteiger partial charge in [0.1, 0.15) is 6.33 Å². The minimum absolute atomic E-state index is 0.0908. The maximum absolute atomic E-state index is 12.0. The lowest BCUT2D eigenvalue weighted by Gasteiger charge is -2.22. The number of aromatic amines is 1. The first-order valence-electron chi connectivity index (χ1n) is 5.53. The summed E-state index contributed by atoms with van der Waals surface area (Å²) in [5.41, 5.74) is 0. The molecule has 0 bridgehead atoms. The van der Waals surface area contributed by atoms with E-state index in [1.807, 2.05) is 6.92 Å². The average molecular weight is 224 g/mol. The summed E-state index contributed by atoms with van der Waals surface area (Å²) in [6.07, 6.45) is 2.37. The van der Waals surface area contributed by atoms with Crippen molar-refractivity contribution in [2.75, 3.05) is 26.3 Å². The molecule has 1 atom stereocenters. The Labute approximate surface area is 94.0 Å². The summed E-state index contributed by atoms with van der Waals surface area (Å²) in [4.78, 5) is 17.6. The second-order valence-corrected chi connectivity index (χ2v) is 3.91. The van der Waals surface area contributed by atoms with Crippen molar-refractivity contribution in [3.63, 3.8) is 0 Å². The van der Waals surface area contributed by atoms with Gasteiger partial charge in [0.25, 0.3) is 5.91 Å². The highest BCUT2D eigenvalue weighted by molar-refractivity contribution is 5.90. The Morgan fingerprint density at radius 3 is 3.19 bits per heavy atom. The molecule has 0 spiro atoms. The van der Waals surface area contributed by atoms with Gasteiger partial charge in [-0.25, -0.2) is 4.98 Å². The smallest absolute Gasteiger partial charge is 0.291 e. The Morgan fingerprint density at radius 1 is 1.75 bits per heavy atom. The topological polar surface area (TPSA) is 71.1 Å². The Hall–Kier alpha value is -1.43. The molecule has 0 saturated carbocycles. The monoisotopic (exact) mass is 224 g/mol. The number of amides is 1. The van der Waals surface area contributed by atoms with Crippen LogP contribution in [0.1, 0.15) is 24.0 Å². The Balaban J connectivity index is 1.96. The van der Waals surface area contributed by atoms with Gasteiger partial charge in [0.2, 0.25) is 5.82 Å². The molecule has 0 aromatic carbocycles. The number of nitrogens with one attached hydrogen (secondary N) is 1. The predicted octanol–water partition coefficient (Wildman–Crippen LogP) is 0.303. The van der Waals surface area contributed by atoms with E-state index in [0.717, 1.165) is 26.2 Å². The van der Waals surface area contributed by atoms with E-state index in [1.54, 1.807) is 4.90 Å². The predicted molar refractivity (Wildman–Crippen MR) is 56.9 cm³/mol. The number of aromatic nitrogens is 3. The quantitative estimate of drug-likeness (QED) is 0.798. The number of nitrogens with zero attached hydrogens (tertiary/aromatic N) is 3. The van der Waals surface area contributed by atoms with Crippen LogP contribution in [0, 0.1) is 5.92 Å². The molecule has 1 saturated heterocycles. The first kappa shape index (κ1) is 11.1. The van der Waals surface area contributed by atoms with Gasteiger partial charge in [0, 0.05) is 25.6 Å². The van der Waals surface area contributed by atoms with E-state index in [0.29, 0.717) is 18.3 Å². The molecule has 1 aliphatic rings. The number of hydrogen-bond donors (Lipinski definition) is 1. The molecule has 88 valence electrons. The molecule has 1 aromatic heterocycles. The van der Waals surface area contributed by atoms with Crippen molar-refractivity contribution in [1.29, 1.82) is 0 Å². The maximum Gasteiger partial charge on any atom is 0.291 e. The van der Waals surface area contributed by atoms with Crippen LogP contribution in [-0.2, 0) is 4.74 Å². The van der Waals surface area contributed by atoms with E-state index < -0.39 is 0 Å². The highest BCUT2D eigenvalue weighted by Crippen LogP contribution is 2.14. The van der Waals surface area contributed by atoms with Crippen LogP contribution in [0.2, 0.25) is 0 Å². The van der Waals surface area contributed by atoms with Crippen LogP contribution in [0.3, 0.4) is 0 Å². The van der Waals surface area contributed by atoms with Crippen molar-refractivity contribution < 1.29 is 9.53 Å². The van der Waals surface area contributed by atoms with Crippen molar-refractivity contribution in [1.82, 2.24) is 20.1 Å². The third-order valence-corrected chi connectivity index (χ3v) is 2.79. The van der Waals surface area contributed by atoms with Crippen LogP contribution in [0.25, 0.3) is 0 Å². The first-order chi connectivity index (χ1) is 7.81. The third-order valence-electron chi connectivity index (χ3n) is 2.79. The molecule has 16 heavy (non-hydrogen) atoms. The van der Waals surface area contributed by atoms with Gasteiger partial charge in [0.15, 0.2) is 0 Å². The van der Waals surface area contributed by atoms with Gasteiger partial charge in [-0.05, 0) is 13.3 Å². The molecule has 1 amide bonds. The van der Waals surface area contributed by atoms with Gasteiger partial charge in [-0.1, -0.05) is 0 Å². The summed E-state index contributed by atoms with van der Waals surface area (Å²) >= 11 is 0. The minimum Gasteiger partial charge on any atom is -0.381 e. The maximum atomic E-state index is 12.0. The Bertz CT molecular complexity index is 333. The molecule has 1 aromatic rings. The van der Waals surface area contributed by atoms with Crippen LogP contribution in [-0.4, -0.2) is 52.3 Å². The van der Waals surface area contributed by atoms with E-state index in [1.165, 1.54) is 6.33 Å². The zero-order valence-electron chi connectivity index (χ0n) is 9.35. The van der Waals surface area contributed by atoms with Gasteiger partial charge in [-0.2, -0.15) is 5.10 Å². The van der Waals surface area contributed by atoms with Crippen LogP contribution in [0.4, 0.5) is 0 Å². The molecular weight excluding hydrogens is 208 g/mol. The van der Waals surface area contributed by atoms with Crippen molar-refractivity contribution in [2.45, 2.75) is 13.3 Å². The third kappa shape index (κ3) is 2.38. The van der Waals surface area contributed by atoms with E-state index >= 15 is 0 Å². The van der Waals surface area contributed by atoms with Gasteiger partial charge < -0.3 is 9.64 Å². The second kappa shape index (κ2) is 5.07. The van der Waals surface area contributed by atoms with Gasteiger partial charge in [-0.3, -0.25) is 9.89 Å². The van der Waals surface area contributed by atoms with E-state index in [2.05, 4.69) is 15.2 Å². The lowest BCUT2D eigenvalue weighted by Crippen LogP contribution is -2.36. The standard InChI is InChI=1S/C10H16N4O2/c1-2-14(5-8-3-4-16-6-8)10(15)9-11-7-12-13-9/h7-8H,2-6H2,1H3,(H,11,12,13). The number of carbonyl (C=O) groups excluding carboxylic acids is 1. The Morgan fingerprint density at radius 2 is 2.62 bits per heavy atom. The number of carbonyl (C=O) groups is 1. The molecule has 0 aliphatic carbocycles. The Kier molecular flexibility index (Phi) is 3.51. The molecule has 0 radical (unpaired) electrons. The molecule has 1 fully saturated rings. The van der Waals surface area contributed by atoms with Crippen LogP contribution < -0.4 is 0 Å². The summed E-state index contributed by atoms with van der Waals surface area (Å²) in [6, 6.07) is 0. The second-order valence-electron chi connectivity index (χ2n) is 3.91. The minimum atomic E-state index is -0.0908. The first-order valence-corrected chi connectivity index (χ1v) is 5.53. The van der Waals surface area contributed by atoms with Gasteiger partial charge in [0.05, 0.1) is 6.61 Å². The molecule has 6 nitrogen and oxygen atoms in total. The van der Waals surface area contributed by atoms with Crippen molar-refractivity contribution in [3.05, 3.63) is 12.2 Å². The van der Waals surface area contributed by atoms with Gasteiger partial charge >= 0.3 is 0 Å². The number of rotatable bonds is 4. The van der Waals surface area contributed by atoms with E-state index in [9.17, 15) is 4.79 Å². The fourth-order valence-electron chi connectivity index (χ4n) is 1.85. The summed E-state index contributed by atoms with van der Waals surface area (Å²) in [5.74, 6) is 0.666. The number of ether oxygens (including phenoxy) is 1. The zero-order valence-corrected chi connectivity index (χ0v) is 9.35. The lowest BCUT2D eigenvalue weighted by atomic mass is 10.1. The molecule has 1 aliphatic heterocycles. The normalized spacial score (nSPS) is 19.9. The van der Waals surface area contributed by atoms with Gasteiger partial charge in [-0.15, -0.1) is 0 Å². The lowest BCUT2D eigenvalue weighted by molar-refractivity contribution is 0.0719. The van der Waals surface area contributed by atoms with Crippen molar-refractivity contribution >= 4 is 5.91 Å². The fourth-order valence-corrected chi connectivity index (χ4v) is 1.85. The summed E-state index contributed by atoms with van der Waals surface area (Å²) in [7, 11) is 0. The average Bonchev–Trinajstić information content (AvgIpc) is 2.97. The van der Waals surface area contributed by atoms with E-state index in [4.69, 9.17) is 4.74 Å². The van der Waals surface area contributed by atoms with E-state index in [-0.39, 0.29) is 5.91 Å². The molecule has 2 heterocycles. The van der Waals surface area contributed by atoms with Crippen molar-refractivity contribution in [2.24, 2.45) is 5.92 Å². The molecule has 2 rings (SSSR count). The summed E-state index contributed by atoms with van der Waals surface area (Å²) in [5, 5.41) is 6.28. The van der Waals surface area contributed by atoms with Crippen LogP contribution in [0.15, 0.2) is 6.33 Å². The molecule has 6 heteroatoms. The largest absolute Gasteiger partial charge is 0.381 e. The number of H-pyrrole nitrogens is 1. The van der Waals surface area contributed by atoms with Crippen molar-refractivity contribution in [3.8, 4) is 0 Å². The number of hydrogen-bond acceptors (Lipinski definition) is 4. The van der Waals surface area contributed by atoms with Crippen LogP contribution >= 0.6 is 0 Å². The molecule has 1 unspecified atom stereocenters. The summed E-state index contributed by atoms with van der Waals surface area (Å²) in [6.45, 7) is 4.93. The summed E-state index contributed by atoms with van der Waals surface area (Å²) < 4.78 is 5.30. The van der Waals surface area contributed by atoms with Crippen LogP contribution in [0.5, 0.6) is 0 Å². The molecule has 1 N–H and O–H groups in total. The highest BCUT2D eigenvalue weighted by Gasteiger charge is 2.23.